The fraction of sp³-hybridized carbons (Fsp3) is 0.474. The van der Waals surface area contributed by atoms with Gasteiger partial charge >= 0.3 is 0 Å². The minimum absolute atomic E-state index is 0.633. The standard InChI is InChI=1S/C19H28N4O/c1-5-11-23(12-6-2)18-13-15(3)21-19(22-18)20-14-16-9-7-8-10-17(16)24-4/h7-10,13H,5-6,11-12,14H2,1-4H3,(H,20,21,22). The molecular formula is C19H28N4O. The fourth-order valence-corrected chi connectivity index (χ4v) is 2.70. The van der Waals surface area contributed by atoms with Crippen LogP contribution in [-0.2, 0) is 6.54 Å². The SMILES string of the molecule is CCCN(CCC)c1cc(C)nc(NCc2ccccc2OC)n1. The van der Waals surface area contributed by atoms with Crippen LogP contribution in [-0.4, -0.2) is 30.2 Å². The molecule has 5 nitrogen and oxygen atoms in total. The van der Waals surface area contributed by atoms with Crippen LogP contribution in [0.4, 0.5) is 11.8 Å². The number of aryl methyl sites for hydroxylation is 1. The van der Waals surface area contributed by atoms with E-state index in [4.69, 9.17) is 9.72 Å². The van der Waals surface area contributed by atoms with Crippen molar-refractivity contribution in [2.75, 3.05) is 30.4 Å². The summed E-state index contributed by atoms with van der Waals surface area (Å²) in [6, 6.07) is 10.0. The van der Waals surface area contributed by atoms with Crippen molar-refractivity contribution in [1.29, 1.82) is 0 Å². The quantitative estimate of drug-likeness (QED) is 0.753. The molecule has 0 aliphatic carbocycles. The van der Waals surface area contributed by atoms with Crippen LogP contribution in [0.2, 0.25) is 0 Å². The monoisotopic (exact) mass is 328 g/mol. The summed E-state index contributed by atoms with van der Waals surface area (Å²) in [5.74, 6) is 2.53. The van der Waals surface area contributed by atoms with E-state index >= 15 is 0 Å². The topological polar surface area (TPSA) is 50.3 Å². The number of hydrogen-bond acceptors (Lipinski definition) is 5. The molecule has 0 unspecified atom stereocenters. The molecule has 0 spiro atoms. The van der Waals surface area contributed by atoms with E-state index in [1.165, 1.54) is 0 Å². The molecule has 5 heteroatoms. The van der Waals surface area contributed by atoms with Crippen molar-refractivity contribution < 1.29 is 4.74 Å². The number of hydrogen-bond donors (Lipinski definition) is 1. The van der Waals surface area contributed by atoms with Crippen LogP contribution in [0.1, 0.15) is 37.9 Å². The summed E-state index contributed by atoms with van der Waals surface area (Å²) in [7, 11) is 1.69. The molecule has 1 N–H and O–H groups in total. The summed E-state index contributed by atoms with van der Waals surface area (Å²) in [6.07, 6.45) is 2.21. The Hall–Kier alpha value is -2.30. The van der Waals surface area contributed by atoms with E-state index in [9.17, 15) is 0 Å². The summed E-state index contributed by atoms with van der Waals surface area (Å²) in [6.45, 7) is 9.05. The second-order valence-electron chi connectivity index (χ2n) is 5.84. The minimum Gasteiger partial charge on any atom is -0.496 e. The van der Waals surface area contributed by atoms with Crippen molar-refractivity contribution in [2.45, 2.75) is 40.2 Å². The lowest BCUT2D eigenvalue weighted by atomic mass is 10.2. The van der Waals surface area contributed by atoms with Crippen molar-refractivity contribution in [3.05, 3.63) is 41.6 Å². The predicted octanol–water partition coefficient (Wildman–Crippen LogP) is 4.03. The highest BCUT2D eigenvalue weighted by molar-refractivity contribution is 5.45. The molecule has 0 aliphatic heterocycles. The first-order chi connectivity index (χ1) is 11.7. The van der Waals surface area contributed by atoms with Crippen molar-refractivity contribution >= 4 is 11.8 Å². The number of nitrogens with zero attached hydrogens (tertiary/aromatic N) is 3. The van der Waals surface area contributed by atoms with Gasteiger partial charge in [-0.25, -0.2) is 4.98 Å². The largest absolute Gasteiger partial charge is 0.496 e. The first kappa shape index (κ1) is 18.0. The molecule has 24 heavy (non-hydrogen) atoms. The molecule has 0 saturated heterocycles. The number of ether oxygens (including phenoxy) is 1. The summed E-state index contributed by atoms with van der Waals surface area (Å²) < 4.78 is 5.39. The van der Waals surface area contributed by atoms with Crippen LogP contribution in [0.25, 0.3) is 0 Å². The Labute approximate surface area is 145 Å². The maximum Gasteiger partial charge on any atom is 0.225 e. The summed E-state index contributed by atoms with van der Waals surface area (Å²) in [5.41, 5.74) is 2.06. The number of anilines is 2. The Morgan fingerprint density at radius 1 is 1.08 bits per heavy atom. The number of para-hydroxylation sites is 1. The zero-order valence-corrected chi connectivity index (χ0v) is 15.2. The highest BCUT2D eigenvalue weighted by Gasteiger charge is 2.10. The van der Waals surface area contributed by atoms with Crippen LogP contribution in [0.3, 0.4) is 0 Å². The maximum atomic E-state index is 5.39. The number of rotatable bonds is 9. The molecule has 0 fully saturated rings. The van der Waals surface area contributed by atoms with Gasteiger partial charge in [0.05, 0.1) is 7.11 Å². The van der Waals surface area contributed by atoms with Crippen LogP contribution < -0.4 is 15.0 Å². The van der Waals surface area contributed by atoms with Crippen LogP contribution in [0.5, 0.6) is 5.75 Å². The van der Waals surface area contributed by atoms with E-state index in [2.05, 4.69) is 35.1 Å². The van der Waals surface area contributed by atoms with E-state index in [1.807, 2.05) is 31.2 Å². The average Bonchev–Trinajstić information content (AvgIpc) is 2.59. The predicted molar refractivity (Wildman–Crippen MR) is 99.9 cm³/mol. The molecule has 1 aromatic carbocycles. The molecule has 1 aromatic heterocycles. The molecule has 1 heterocycles. The lowest BCUT2D eigenvalue weighted by Gasteiger charge is -2.23. The molecular weight excluding hydrogens is 300 g/mol. The van der Waals surface area contributed by atoms with Crippen LogP contribution >= 0.6 is 0 Å². The van der Waals surface area contributed by atoms with Crippen LogP contribution in [0.15, 0.2) is 30.3 Å². The molecule has 0 saturated carbocycles. The highest BCUT2D eigenvalue weighted by Crippen LogP contribution is 2.20. The second kappa shape index (κ2) is 9.11. The van der Waals surface area contributed by atoms with E-state index in [0.29, 0.717) is 12.5 Å². The molecule has 0 amide bonds. The van der Waals surface area contributed by atoms with Gasteiger partial charge in [0.1, 0.15) is 11.6 Å². The smallest absolute Gasteiger partial charge is 0.225 e. The zero-order valence-electron chi connectivity index (χ0n) is 15.2. The number of aromatic nitrogens is 2. The third kappa shape index (κ3) is 4.85. The van der Waals surface area contributed by atoms with Crippen LogP contribution in [0, 0.1) is 6.92 Å². The Balaban J connectivity index is 2.15. The Morgan fingerprint density at radius 3 is 2.46 bits per heavy atom. The summed E-state index contributed by atoms with van der Waals surface area (Å²) in [4.78, 5) is 11.5. The van der Waals surface area contributed by atoms with Gasteiger partial charge in [-0.05, 0) is 25.8 Å². The first-order valence-corrected chi connectivity index (χ1v) is 8.64. The van der Waals surface area contributed by atoms with Gasteiger partial charge in [-0.1, -0.05) is 32.0 Å². The lowest BCUT2D eigenvalue weighted by molar-refractivity contribution is 0.410. The Morgan fingerprint density at radius 2 is 1.79 bits per heavy atom. The fourth-order valence-electron chi connectivity index (χ4n) is 2.70. The second-order valence-corrected chi connectivity index (χ2v) is 5.84. The summed E-state index contributed by atoms with van der Waals surface area (Å²) >= 11 is 0. The van der Waals surface area contributed by atoms with Gasteiger partial charge < -0.3 is 15.0 Å². The molecule has 2 rings (SSSR count). The zero-order chi connectivity index (χ0) is 17.4. The molecule has 2 aromatic rings. The molecule has 0 radical (unpaired) electrons. The number of nitrogens with one attached hydrogen (secondary N) is 1. The third-order valence-electron chi connectivity index (χ3n) is 3.78. The maximum absolute atomic E-state index is 5.39. The molecule has 130 valence electrons. The van der Waals surface area contributed by atoms with E-state index in [0.717, 1.165) is 48.8 Å². The van der Waals surface area contributed by atoms with E-state index in [1.54, 1.807) is 7.11 Å². The highest BCUT2D eigenvalue weighted by atomic mass is 16.5. The van der Waals surface area contributed by atoms with E-state index < -0.39 is 0 Å². The van der Waals surface area contributed by atoms with Crippen molar-refractivity contribution in [3.8, 4) is 5.75 Å². The normalized spacial score (nSPS) is 10.5. The average molecular weight is 328 g/mol. The van der Waals surface area contributed by atoms with Gasteiger partial charge in [-0.3, -0.25) is 0 Å². The van der Waals surface area contributed by atoms with Crippen molar-refractivity contribution in [1.82, 2.24) is 9.97 Å². The number of methoxy groups -OCH3 is 1. The first-order valence-electron chi connectivity index (χ1n) is 8.64. The lowest BCUT2D eigenvalue weighted by Crippen LogP contribution is -2.26. The van der Waals surface area contributed by atoms with Crippen molar-refractivity contribution in [2.24, 2.45) is 0 Å². The van der Waals surface area contributed by atoms with Gasteiger partial charge in [-0.2, -0.15) is 4.98 Å². The summed E-state index contributed by atoms with van der Waals surface area (Å²) in [5, 5.41) is 3.33. The van der Waals surface area contributed by atoms with Gasteiger partial charge in [-0.15, -0.1) is 0 Å². The minimum atomic E-state index is 0.633. The van der Waals surface area contributed by atoms with Crippen molar-refractivity contribution in [3.63, 3.8) is 0 Å². The van der Waals surface area contributed by atoms with Gasteiger partial charge in [0.25, 0.3) is 0 Å². The Kier molecular flexibility index (Phi) is 6.85. The van der Waals surface area contributed by atoms with Gasteiger partial charge in [0, 0.05) is 37.0 Å². The van der Waals surface area contributed by atoms with Gasteiger partial charge in [0.2, 0.25) is 5.95 Å². The molecule has 0 atom stereocenters. The Bertz CT molecular complexity index is 639. The third-order valence-corrected chi connectivity index (χ3v) is 3.78. The molecule has 0 bridgehead atoms. The van der Waals surface area contributed by atoms with Gasteiger partial charge in [0.15, 0.2) is 0 Å². The van der Waals surface area contributed by atoms with E-state index in [-0.39, 0.29) is 0 Å². The molecule has 0 aliphatic rings. The number of benzene rings is 1.